The van der Waals surface area contributed by atoms with E-state index in [4.69, 9.17) is 4.74 Å². The van der Waals surface area contributed by atoms with Crippen molar-refractivity contribution in [1.82, 2.24) is 9.97 Å². The average molecular weight is 476 g/mol. The highest BCUT2D eigenvalue weighted by molar-refractivity contribution is 7.20. The Morgan fingerprint density at radius 3 is 2.76 bits per heavy atom. The first-order chi connectivity index (χ1) is 16.5. The number of nitro groups is 1. The van der Waals surface area contributed by atoms with Gasteiger partial charge in [-0.15, -0.1) is 11.3 Å². The van der Waals surface area contributed by atoms with Gasteiger partial charge in [0.1, 0.15) is 22.7 Å². The molecule has 4 aromatic rings. The van der Waals surface area contributed by atoms with Gasteiger partial charge in [-0.05, 0) is 36.1 Å². The van der Waals surface area contributed by atoms with Gasteiger partial charge in [0.25, 0.3) is 11.6 Å². The number of hydrogen-bond donors (Lipinski definition) is 1. The third-order valence-electron chi connectivity index (χ3n) is 5.99. The van der Waals surface area contributed by atoms with Crippen LogP contribution in [0.1, 0.15) is 26.4 Å². The van der Waals surface area contributed by atoms with Gasteiger partial charge in [-0.1, -0.05) is 24.3 Å². The van der Waals surface area contributed by atoms with Crippen LogP contribution in [0.25, 0.3) is 10.2 Å². The molecule has 1 N–H and O–H groups in total. The van der Waals surface area contributed by atoms with E-state index in [1.165, 1.54) is 54.1 Å². The predicted octanol–water partition coefficient (Wildman–Crippen LogP) is 4.73. The van der Waals surface area contributed by atoms with Crippen molar-refractivity contribution in [3.8, 4) is 5.75 Å². The second kappa shape index (κ2) is 8.71. The number of rotatable bonds is 5. The van der Waals surface area contributed by atoms with Crippen molar-refractivity contribution in [1.29, 1.82) is 0 Å². The monoisotopic (exact) mass is 475 g/mol. The SMILES string of the molecule is COc1ccc([N+](=O)[O-])cc1NC(=O)c1sc2ncnc(N3CCc4ccccc4C3)c2c1C. The van der Waals surface area contributed by atoms with E-state index in [1.807, 2.05) is 13.0 Å². The molecule has 1 aliphatic heterocycles. The average Bonchev–Trinajstić information content (AvgIpc) is 3.20. The van der Waals surface area contributed by atoms with Crippen molar-refractivity contribution in [2.45, 2.75) is 19.9 Å². The van der Waals surface area contributed by atoms with E-state index in [1.54, 1.807) is 0 Å². The summed E-state index contributed by atoms with van der Waals surface area (Å²) in [5.74, 6) is 0.764. The van der Waals surface area contributed by atoms with Crippen LogP contribution >= 0.6 is 11.3 Å². The standard InChI is InChI=1S/C24H21N5O4S/c1-14-20-22(28-10-9-15-5-3-4-6-16(15)12-28)25-13-26-24(20)34-21(14)23(30)27-18-11-17(29(31)32)7-8-19(18)33-2/h3-8,11,13H,9-10,12H2,1-2H3,(H,27,30). The number of hydrogen-bond acceptors (Lipinski definition) is 8. The molecule has 0 atom stereocenters. The van der Waals surface area contributed by atoms with Crippen LogP contribution in [-0.4, -0.2) is 34.5 Å². The molecule has 0 bridgehead atoms. The van der Waals surface area contributed by atoms with Crippen LogP contribution in [0, 0.1) is 17.0 Å². The number of nitro benzene ring substituents is 1. The van der Waals surface area contributed by atoms with Crippen LogP contribution < -0.4 is 15.0 Å². The first-order valence-electron chi connectivity index (χ1n) is 10.7. The number of methoxy groups -OCH3 is 1. The molecule has 3 heterocycles. The lowest BCUT2D eigenvalue weighted by Crippen LogP contribution is -2.31. The van der Waals surface area contributed by atoms with Crippen molar-refractivity contribution in [2.75, 3.05) is 23.9 Å². The number of benzene rings is 2. The maximum Gasteiger partial charge on any atom is 0.271 e. The number of nitrogens with one attached hydrogen (secondary N) is 1. The highest BCUT2D eigenvalue weighted by atomic mass is 32.1. The largest absolute Gasteiger partial charge is 0.495 e. The van der Waals surface area contributed by atoms with E-state index < -0.39 is 4.92 Å². The van der Waals surface area contributed by atoms with Gasteiger partial charge in [0, 0.05) is 25.2 Å². The molecule has 0 fully saturated rings. The summed E-state index contributed by atoms with van der Waals surface area (Å²) in [5.41, 5.74) is 3.48. The first-order valence-corrected chi connectivity index (χ1v) is 11.5. The number of ether oxygens (including phenoxy) is 1. The third-order valence-corrected chi connectivity index (χ3v) is 7.18. The molecule has 0 unspecified atom stereocenters. The van der Waals surface area contributed by atoms with E-state index in [-0.39, 0.29) is 17.3 Å². The summed E-state index contributed by atoms with van der Waals surface area (Å²) in [4.78, 5) is 36.3. The smallest absolute Gasteiger partial charge is 0.271 e. The first kappa shape index (κ1) is 21.8. The third kappa shape index (κ3) is 3.81. The van der Waals surface area contributed by atoms with E-state index >= 15 is 0 Å². The number of amides is 1. The fraction of sp³-hybridized carbons (Fsp3) is 0.208. The molecule has 1 amide bonds. The summed E-state index contributed by atoms with van der Waals surface area (Å²) in [7, 11) is 1.44. The van der Waals surface area contributed by atoms with Crippen molar-refractivity contribution in [3.05, 3.63) is 80.5 Å². The van der Waals surface area contributed by atoms with E-state index in [0.717, 1.165) is 41.1 Å². The van der Waals surface area contributed by atoms with Gasteiger partial charge in [0.05, 0.1) is 28.0 Å². The van der Waals surface area contributed by atoms with Crippen LogP contribution in [0.2, 0.25) is 0 Å². The zero-order valence-electron chi connectivity index (χ0n) is 18.6. The molecule has 5 rings (SSSR count). The molecular weight excluding hydrogens is 454 g/mol. The summed E-state index contributed by atoms with van der Waals surface area (Å²) in [5, 5.41) is 14.8. The molecule has 0 saturated carbocycles. The minimum absolute atomic E-state index is 0.136. The Morgan fingerprint density at radius 2 is 2.00 bits per heavy atom. The van der Waals surface area contributed by atoms with Crippen molar-refractivity contribution in [3.63, 3.8) is 0 Å². The second-order valence-electron chi connectivity index (χ2n) is 7.97. The fourth-order valence-corrected chi connectivity index (χ4v) is 5.31. The van der Waals surface area contributed by atoms with Gasteiger partial charge in [-0.25, -0.2) is 9.97 Å². The van der Waals surface area contributed by atoms with E-state index in [2.05, 4.69) is 38.4 Å². The molecule has 34 heavy (non-hydrogen) atoms. The van der Waals surface area contributed by atoms with Crippen molar-refractivity contribution < 1.29 is 14.5 Å². The summed E-state index contributed by atoms with van der Waals surface area (Å²) in [6.45, 7) is 3.44. The summed E-state index contributed by atoms with van der Waals surface area (Å²) in [6.07, 6.45) is 2.45. The van der Waals surface area contributed by atoms with Crippen molar-refractivity contribution >= 4 is 44.7 Å². The molecule has 2 aromatic carbocycles. The fourth-order valence-electron chi connectivity index (χ4n) is 4.27. The van der Waals surface area contributed by atoms with Gasteiger partial charge >= 0.3 is 0 Å². The topological polar surface area (TPSA) is 110 Å². The van der Waals surface area contributed by atoms with Gasteiger partial charge in [-0.3, -0.25) is 14.9 Å². The highest BCUT2D eigenvalue weighted by Gasteiger charge is 2.25. The second-order valence-corrected chi connectivity index (χ2v) is 8.97. The predicted molar refractivity (Wildman–Crippen MR) is 131 cm³/mol. The highest BCUT2D eigenvalue weighted by Crippen LogP contribution is 2.37. The molecule has 1 aliphatic rings. The van der Waals surface area contributed by atoms with Crippen LogP contribution in [0.3, 0.4) is 0 Å². The zero-order valence-corrected chi connectivity index (χ0v) is 19.4. The maximum absolute atomic E-state index is 13.2. The van der Waals surface area contributed by atoms with Crippen LogP contribution in [-0.2, 0) is 13.0 Å². The molecular formula is C24H21N5O4S. The lowest BCUT2D eigenvalue weighted by atomic mass is 9.99. The molecule has 0 saturated heterocycles. The Kier molecular flexibility index (Phi) is 5.58. The number of fused-ring (bicyclic) bond motifs is 2. The lowest BCUT2D eigenvalue weighted by molar-refractivity contribution is -0.384. The van der Waals surface area contributed by atoms with Crippen LogP contribution in [0.5, 0.6) is 5.75 Å². The molecule has 10 heteroatoms. The number of carbonyl (C=O) groups is 1. The molecule has 2 aromatic heterocycles. The Morgan fingerprint density at radius 1 is 1.21 bits per heavy atom. The number of aromatic nitrogens is 2. The molecule has 172 valence electrons. The Labute approximate surface area is 199 Å². The molecule has 9 nitrogen and oxygen atoms in total. The zero-order chi connectivity index (χ0) is 23.8. The number of anilines is 2. The number of thiophene rings is 1. The van der Waals surface area contributed by atoms with Gasteiger partial charge in [-0.2, -0.15) is 0 Å². The van der Waals surface area contributed by atoms with E-state index in [9.17, 15) is 14.9 Å². The molecule has 0 spiro atoms. The van der Waals surface area contributed by atoms with Gasteiger partial charge in [0.2, 0.25) is 0 Å². The van der Waals surface area contributed by atoms with Crippen LogP contribution in [0.4, 0.5) is 17.2 Å². The number of non-ortho nitro benzene ring substituents is 1. The lowest BCUT2D eigenvalue weighted by Gasteiger charge is -2.30. The quantitative estimate of drug-likeness (QED) is 0.328. The molecule has 0 radical (unpaired) electrons. The number of nitrogens with zero attached hydrogens (tertiary/aromatic N) is 4. The number of carbonyl (C=O) groups excluding carboxylic acids is 1. The van der Waals surface area contributed by atoms with Gasteiger partial charge in [0.15, 0.2) is 0 Å². The van der Waals surface area contributed by atoms with E-state index in [0.29, 0.717) is 10.6 Å². The van der Waals surface area contributed by atoms with Crippen molar-refractivity contribution in [2.24, 2.45) is 0 Å². The minimum atomic E-state index is -0.515. The Hall–Kier alpha value is -4.05. The van der Waals surface area contributed by atoms with Crippen LogP contribution in [0.15, 0.2) is 48.8 Å². The summed E-state index contributed by atoms with van der Waals surface area (Å²) >= 11 is 1.27. The normalized spacial score (nSPS) is 12.9. The number of aryl methyl sites for hydroxylation is 1. The minimum Gasteiger partial charge on any atom is -0.495 e. The van der Waals surface area contributed by atoms with Gasteiger partial charge < -0.3 is 15.0 Å². The maximum atomic E-state index is 13.2. The molecule has 0 aliphatic carbocycles. The summed E-state index contributed by atoms with van der Waals surface area (Å²) in [6, 6.07) is 12.5. The Bertz CT molecular complexity index is 1430. The Balaban J connectivity index is 1.49. The summed E-state index contributed by atoms with van der Waals surface area (Å²) < 4.78 is 5.27.